The van der Waals surface area contributed by atoms with E-state index in [-0.39, 0.29) is 17.7 Å². The van der Waals surface area contributed by atoms with Gasteiger partial charge in [-0.15, -0.1) is 10.2 Å². The first-order valence-electron chi connectivity index (χ1n) is 9.62. The molecule has 8 nitrogen and oxygen atoms in total. The van der Waals surface area contributed by atoms with Gasteiger partial charge in [0.15, 0.2) is 5.69 Å². The van der Waals surface area contributed by atoms with E-state index in [2.05, 4.69) is 22.1 Å². The number of carbonyl (C=O) groups is 2. The van der Waals surface area contributed by atoms with Gasteiger partial charge < -0.3 is 4.74 Å². The number of anilines is 1. The zero-order valence-electron chi connectivity index (χ0n) is 16.9. The van der Waals surface area contributed by atoms with Crippen LogP contribution in [0.5, 0.6) is 5.88 Å². The molecule has 1 amide bonds. The number of hydrogen-bond donors (Lipinski definition) is 0. The van der Waals surface area contributed by atoms with Gasteiger partial charge in [0, 0.05) is 31.4 Å². The normalized spacial score (nSPS) is 15.0. The van der Waals surface area contributed by atoms with Gasteiger partial charge in [0.05, 0.1) is 11.4 Å². The van der Waals surface area contributed by atoms with Gasteiger partial charge in [-0.2, -0.15) is 4.98 Å². The lowest BCUT2D eigenvalue weighted by Crippen LogP contribution is -2.37. The maximum absolute atomic E-state index is 12.8. The summed E-state index contributed by atoms with van der Waals surface area (Å²) in [6.07, 6.45) is 1.74. The number of ether oxygens (including phenoxy) is 1. The van der Waals surface area contributed by atoms with Gasteiger partial charge in [0.2, 0.25) is 29.1 Å². The smallest absolute Gasteiger partial charge is 0.247 e. The molecule has 0 fully saturated rings. The van der Waals surface area contributed by atoms with Crippen LogP contribution < -0.4 is 9.64 Å². The van der Waals surface area contributed by atoms with Gasteiger partial charge in [0.25, 0.3) is 0 Å². The molecule has 9 heteroatoms. The Balaban J connectivity index is 1.93. The molecule has 4 rings (SSSR count). The second-order valence-electron chi connectivity index (χ2n) is 6.80. The summed E-state index contributed by atoms with van der Waals surface area (Å²) in [7, 11) is 0. The van der Waals surface area contributed by atoms with Crippen LogP contribution in [0.15, 0.2) is 47.8 Å². The number of amides is 1. The van der Waals surface area contributed by atoms with Gasteiger partial charge in [-0.1, -0.05) is 36.9 Å². The summed E-state index contributed by atoms with van der Waals surface area (Å²) in [5.41, 5.74) is 2.30. The molecule has 30 heavy (non-hydrogen) atoms. The molecule has 3 aromatic rings. The zero-order valence-corrected chi connectivity index (χ0v) is 17.7. The van der Waals surface area contributed by atoms with E-state index in [0.717, 1.165) is 12.2 Å². The highest BCUT2D eigenvalue weighted by Crippen LogP contribution is 2.43. The van der Waals surface area contributed by atoms with Crippen LogP contribution in [0.1, 0.15) is 43.9 Å². The number of hydrogen-bond acceptors (Lipinski definition) is 7. The van der Waals surface area contributed by atoms with Gasteiger partial charge in [-0.05, 0) is 24.6 Å². The first kappa shape index (κ1) is 20.1. The Morgan fingerprint density at radius 2 is 1.90 bits per heavy atom. The van der Waals surface area contributed by atoms with E-state index in [1.807, 2.05) is 24.3 Å². The molecule has 0 radical (unpaired) electrons. The van der Waals surface area contributed by atoms with E-state index < -0.39 is 6.23 Å². The maximum atomic E-state index is 12.8. The van der Waals surface area contributed by atoms with Crippen molar-refractivity contribution in [2.75, 3.05) is 10.7 Å². The Kier molecular flexibility index (Phi) is 5.54. The summed E-state index contributed by atoms with van der Waals surface area (Å²) in [6.45, 7) is 5.00. The number of rotatable bonds is 4. The molecule has 1 aliphatic rings. The van der Waals surface area contributed by atoms with Crippen molar-refractivity contribution in [2.45, 2.75) is 38.6 Å². The lowest BCUT2D eigenvalue weighted by Gasteiger charge is -2.30. The summed E-state index contributed by atoms with van der Waals surface area (Å²) >= 11 is 1.49. The standard InChI is InChI=1S/C21H21N5O3S/c1-4-12-30-21-22-19-18(23-24-21)15-8-5-6-9-16(15)26(14(3)28)20(29-19)17-10-7-11-25(17)13(2)27/h5-11,20H,4,12H2,1-3H3/t20-/m0/s1. The summed E-state index contributed by atoms with van der Waals surface area (Å²) in [4.78, 5) is 31.0. The fourth-order valence-corrected chi connectivity index (χ4v) is 4.01. The zero-order chi connectivity index (χ0) is 21.3. The first-order valence-corrected chi connectivity index (χ1v) is 10.6. The van der Waals surface area contributed by atoms with Gasteiger partial charge in [0.1, 0.15) is 0 Å². The predicted molar refractivity (Wildman–Crippen MR) is 114 cm³/mol. The Morgan fingerprint density at radius 1 is 1.10 bits per heavy atom. The Hall–Kier alpha value is -3.20. The average molecular weight is 423 g/mol. The lowest BCUT2D eigenvalue weighted by atomic mass is 10.1. The second-order valence-corrected chi connectivity index (χ2v) is 7.86. The molecule has 0 saturated carbocycles. The minimum atomic E-state index is -0.885. The molecular weight excluding hydrogens is 402 g/mol. The van der Waals surface area contributed by atoms with E-state index in [9.17, 15) is 9.59 Å². The minimum Gasteiger partial charge on any atom is -0.445 e. The number of aromatic nitrogens is 4. The van der Waals surface area contributed by atoms with Crippen LogP contribution in [-0.2, 0) is 4.79 Å². The fraction of sp³-hybridized carbons (Fsp3) is 0.286. The third-order valence-corrected chi connectivity index (χ3v) is 5.70. The van der Waals surface area contributed by atoms with Crippen molar-refractivity contribution >= 4 is 29.3 Å². The predicted octanol–water partition coefficient (Wildman–Crippen LogP) is 3.95. The molecule has 0 bridgehead atoms. The van der Waals surface area contributed by atoms with Crippen LogP contribution >= 0.6 is 11.8 Å². The average Bonchev–Trinajstić information content (AvgIpc) is 3.17. The third-order valence-electron chi connectivity index (χ3n) is 4.66. The second kappa shape index (κ2) is 8.27. The van der Waals surface area contributed by atoms with Crippen LogP contribution in [0.25, 0.3) is 11.3 Å². The number of thioether (sulfide) groups is 1. The molecule has 0 saturated heterocycles. The molecule has 3 heterocycles. The summed E-state index contributed by atoms with van der Waals surface area (Å²) in [6, 6.07) is 10.9. The molecule has 0 spiro atoms. The summed E-state index contributed by atoms with van der Waals surface area (Å²) in [5, 5.41) is 9.11. The van der Waals surface area contributed by atoms with Gasteiger partial charge >= 0.3 is 0 Å². The van der Waals surface area contributed by atoms with Crippen molar-refractivity contribution in [3.63, 3.8) is 0 Å². The lowest BCUT2D eigenvalue weighted by molar-refractivity contribution is -0.118. The number of nitrogens with zero attached hydrogens (tertiary/aromatic N) is 5. The highest BCUT2D eigenvalue weighted by atomic mass is 32.2. The molecule has 0 aliphatic carbocycles. The monoisotopic (exact) mass is 423 g/mol. The van der Waals surface area contributed by atoms with E-state index in [1.54, 1.807) is 18.3 Å². The number of fused-ring (bicyclic) bond motifs is 3. The van der Waals surface area contributed by atoms with Crippen LogP contribution in [0.3, 0.4) is 0 Å². The third kappa shape index (κ3) is 3.56. The largest absolute Gasteiger partial charge is 0.445 e. The number of carbonyl (C=O) groups excluding carboxylic acids is 2. The Bertz CT molecular complexity index is 1110. The van der Waals surface area contributed by atoms with Crippen molar-refractivity contribution in [3.8, 4) is 17.1 Å². The van der Waals surface area contributed by atoms with Gasteiger partial charge in [-0.3, -0.25) is 19.1 Å². The summed E-state index contributed by atoms with van der Waals surface area (Å²) in [5.74, 6) is 0.721. The van der Waals surface area contributed by atoms with Crippen molar-refractivity contribution in [3.05, 3.63) is 48.3 Å². The van der Waals surface area contributed by atoms with E-state index in [4.69, 9.17) is 4.74 Å². The number of benzene rings is 1. The van der Waals surface area contributed by atoms with Crippen molar-refractivity contribution < 1.29 is 14.3 Å². The topological polar surface area (TPSA) is 90.2 Å². The molecule has 2 aromatic heterocycles. The van der Waals surface area contributed by atoms with Crippen molar-refractivity contribution in [2.24, 2.45) is 0 Å². The Labute approximate surface area is 178 Å². The highest BCUT2D eigenvalue weighted by Gasteiger charge is 2.36. The molecule has 154 valence electrons. The summed E-state index contributed by atoms with van der Waals surface area (Å²) < 4.78 is 7.74. The first-order chi connectivity index (χ1) is 14.5. The molecule has 0 unspecified atom stereocenters. The molecule has 1 aliphatic heterocycles. The molecular formula is C21H21N5O3S. The fourth-order valence-electron chi connectivity index (χ4n) is 3.38. The quantitative estimate of drug-likeness (QED) is 0.587. The maximum Gasteiger partial charge on any atom is 0.247 e. The van der Waals surface area contributed by atoms with E-state index >= 15 is 0 Å². The van der Waals surface area contributed by atoms with E-state index in [1.165, 1.54) is 35.1 Å². The van der Waals surface area contributed by atoms with Crippen molar-refractivity contribution in [1.29, 1.82) is 0 Å². The molecule has 1 atom stereocenters. The van der Waals surface area contributed by atoms with Crippen LogP contribution in [0.2, 0.25) is 0 Å². The van der Waals surface area contributed by atoms with Crippen LogP contribution in [0.4, 0.5) is 5.69 Å². The highest BCUT2D eigenvalue weighted by molar-refractivity contribution is 7.99. The van der Waals surface area contributed by atoms with E-state index in [0.29, 0.717) is 27.8 Å². The van der Waals surface area contributed by atoms with Crippen LogP contribution in [0, 0.1) is 0 Å². The molecule has 1 aromatic carbocycles. The SMILES string of the molecule is CCCSc1nnc2c(n1)O[C@@H](c1cccn1C(C)=O)N(C(C)=O)c1ccccc1-2. The van der Waals surface area contributed by atoms with Gasteiger partial charge in [-0.25, -0.2) is 0 Å². The minimum absolute atomic E-state index is 0.181. The van der Waals surface area contributed by atoms with Crippen LogP contribution in [-0.4, -0.2) is 37.3 Å². The number of para-hydroxylation sites is 1. The van der Waals surface area contributed by atoms with Crippen molar-refractivity contribution in [1.82, 2.24) is 19.7 Å². The Morgan fingerprint density at radius 3 is 2.63 bits per heavy atom. The molecule has 0 N–H and O–H groups in total.